The second kappa shape index (κ2) is 6.23. The molecule has 0 aliphatic heterocycles. The van der Waals surface area contributed by atoms with Crippen molar-refractivity contribution in [2.45, 2.75) is 0 Å². The van der Waals surface area contributed by atoms with Crippen LogP contribution in [0.3, 0.4) is 0 Å². The second-order valence-corrected chi connectivity index (χ2v) is 4.45. The zero-order chi connectivity index (χ0) is 15.4. The maximum atomic E-state index is 12.0. The van der Waals surface area contributed by atoms with Gasteiger partial charge in [-0.25, -0.2) is 14.7 Å². The van der Waals surface area contributed by atoms with Gasteiger partial charge in [0.15, 0.2) is 0 Å². The fraction of sp³-hybridized carbons (Fsp3) is 0.0714. The fourth-order valence-corrected chi connectivity index (χ4v) is 1.86. The number of carbonyl (C=O) groups is 2. The molecule has 0 aliphatic rings. The van der Waals surface area contributed by atoms with Gasteiger partial charge in [-0.15, -0.1) is 0 Å². The number of methoxy groups -OCH3 is 1. The molecule has 0 bridgehead atoms. The SMILES string of the molecule is COC(=O)N(c1ccc(Cl)nc1)c1cccc(C(N)=O)c1. The number of amides is 2. The zero-order valence-electron chi connectivity index (χ0n) is 11.1. The van der Waals surface area contributed by atoms with Gasteiger partial charge in [-0.3, -0.25) is 4.79 Å². The maximum Gasteiger partial charge on any atom is 0.418 e. The number of anilines is 2. The number of aromatic nitrogens is 1. The number of hydrogen-bond acceptors (Lipinski definition) is 4. The van der Waals surface area contributed by atoms with E-state index in [0.717, 1.165) is 0 Å². The Morgan fingerprint density at radius 2 is 2.00 bits per heavy atom. The molecule has 1 aromatic carbocycles. The smallest absolute Gasteiger partial charge is 0.418 e. The van der Waals surface area contributed by atoms with Crippen LogP contribution >= 0.6 is 11.6 Å². The monoisotopic (exact) mass is 305 g/mol. The van der Waals surface area contributed by atoms with E-state index in [2.05, 4.69) is 4.98 Å². The summed E-state index contributed by atoms with van der Waals surface area (Å²) < 4.78 is 4.76. The summed E-state index contributed by atoms with van der Waals surface area (Å²) in [4.78, 5) is 28.4. The van der Waals surface area contributed by atoms with Crippen LogP contribution < -0.4 is 10.6 Å². The first-order valence-electron chi connectivity index (χ1n) is 5.92. The zero-order valence-corrected chi connectivity index (χ0v) is 11.9. The lowest BCUT2D eigenvalue weighted by atomic mass is 10.1. The Balaban J connectivity index is 2.50. The molecular formula is C14H12ClN3O3. The summed E-state index contributed by atoms with van der Waals surface area (Å²) in [6.07, 6.45) is 0.802. The van der Waals surface area contributed by atoms with Gasteiger partial charge in [-0.05, 0) is 30.3 Å². The molecule has 0 saturated heterocycles. The summed E-state index contributed by atoms with van der Waals surface area (Å²) in [5.41, 5.74) is 6.41. The third kappa shape index (κ3) is 3.29. The van der Waals surface area contributed by atoms with E-state index in [0.29, 0.717) is 16.5 Å². The second-order valence-electron chi connectivity index (χ2n) is 4.06. The molecule has 0 radical (unpaired) electrons. The lowest BCUT2D eigenvalue weighted by molar-refractivity contribution is 0.1000. The van der Waals surface area contributed by atoms with Crippen molar-refractivity contribution in [3.05, 3.63) is 53.3 Å². The van der Waals surface area contributed by atoms with Crippen LogP contribution in [0.25, 0.3) is 0 Å². The van der Waals surface area contributed by atoms with E-state index in [-0.39, 0.29) is 5.56 Å². The lowest BCUT2D eigenvalue weighted by Gasteiger charge is -2.21. The minimum Gasteiger partial charge on any atom is -0.452 e. The van der Waals surface area contributed by atoms with E-state index >= 15 is 0 Å². The van der Waals surface area contributed by atoms with Gasteiger partial charge in [0.25, 0.3) is 0 Å². The molecule has 0 fully saturated rings. The highest BCUT2D eigenvalue weighted by atomic mass is 35.5. The number of pyridine rings is 1. The first kappa shape index (κ1) is 14.8. The minimum absolute atomic E-state index is 0.281. The van der Waals surface area contributed by atoms with Crippen LogP contribution in [0.15, 0.2) is 42.6 Å². The first-order chi connectivity index (χ1) is 10.0. The molecule has 0 spiro atoms. The first-order valence-corrected chi connectivity index (χ1v) is 6.30. The number of ether oxygens (including phenoxy) is 1. The van der Waals surface area contributed by atoms with Crippen LogP contribution in [0.1, 0.15) is 10.4 Å². The topological polar surface area (TPSA) is 85.5 Å². The Hall–Kier alpha value is -2.60. The van der Waals surface area contributed by atoms with Crippen LogP contribution in [0.4, 0.5) is 16.2 Å². The molecule has 1 heterocycles. The molecule has 2 N–H and O–H groups in total. The van der Waals surface area contributed by atoms with Gasteiger partial charge in [-0.2, -0.15) is 0 Å². The van der Waals surface area contributed by atoms with Crippen molar-refractivity contribution in [3.63, 3.8) is 0 Å². The molecule has 2 rings (SSSR count). The van der Waals surface area contributed by atoms with Crippen molar-refractivity contribution in [2.24, 2.45) is 5.73 Å². The van der Waals surface area contributed by atoms with E-state index < -0.39 is 12.0 Å². The molecule has 2 aromatic rings. The van der Waals surface area contributed by atoms with E-state index in [1.165, 1.54) is 24.3 Å². The average Bonchev–Trinajstić information content (AvgIpc) is 2.49. The van der Waals surface area contributed by atoms with Crippen LogP contribution in [-0.4, -0.2) is 24.1 Å². The minimum atomic E-state index is -0.624. The molecule has 0 saturated carbocycles. The Bertz CT molecular complexity index is 673. The number of hydrogen-bond donors (Lipinski definition) is 1. The van der Waals surface area contributed by atoms with Crippen molar-refractivity contribution in [3.8, 4) is 0 Å². The Labute approximate surface area is 126 Å². The largest absolute Gasteiger partial charge is 0.452 e. The Morgan fingerprint density at radius 1 is 1.24 bits per heavy atom. The van der Waals surface area contributed by atoms with Crippen molar-refractivity contribution in [2.75, 3.05) is 12.0 Å². The number of nitrogens with zero attached hydrogens (tertiary/aromatic N) is 2. The Kier molecular flexibility index (Phi) is 4.39. The van der Waals surface area contributed by atoms with E-state index in [1.807, 2.05) is 0 Å². The van der Waals surface area contributed by atoms with Gasteiger partial charge in [0, 0.05) is 5.56 Å². The van der Waals surface area contributed by atoms with Gasteiger partial charge in [-0.1, -0.05) is 17.7 Å². The number of halogens is 1. The highest BCUT2D eigenvalue weighted by Gasteiger charge is 2.19. The number of nitrogens with two attached hydrogens (primary N) is 1. The number of carbonyl (C=O) groups excluding carboxylic acids is 2. The number of benzene rings is 1. The molecule has 7 heteroatoms. The quantitative estimate of drug-likeness (QED) is 0.883. The molecule has 1 aromatic heterocycles. The molecular weight excluding hydrogens is 294 g/mol. The van der Waals surface area contributed by atoms with Gasteiger partial charge >= 0.3 is 6.09 Å². The average molecular weight is 306 g/mol. The van der Waals surface area contributed by atoms with Gasteiger partial charge in [0.05, 0.1) is 24.7 Å². The number of primary amides is 1. The predicted molar refractivity (Wildman–Crippen MR) is 78.8 cm³/mol. The highest BCUT2D eigenvalue weighted by Crippen LogP contribution is 2.27. The van der Waals surface area contributed by atoms with Gasteiger partial charge < -0.3 is 10.5 Å². The van der Waals surface area contributed by atoms with E-state index in [4.69, 9.17) is 22.1 Å². The maximum absolute atomic E-state index is 12.0. The summed E-state index contributed by atoms with van der Waals surface area (Å²) in [6, 6.07) is 9.48. The summed E-state index contributed by atoms with van der Waals surface area (Å²) >= 11 is 5.74. The molecule has 0 aliphatic carbocycles. The van der Waals surface area contributed by atoms with Crippen molar-refractivity contribution >= 4 is 35.0 Å². The van der Waals surface area contributed by atoms with E-state index in [9.17, 15) is 9.59 Å². The molecule has 2 amide bonds. The van der Waals surface area contributed by atoms with Crippen LogP contribution in [-0.2, 0) is 4.74 Å². The predicted octanol–water partition coefficient (Wildman–Crippen LogP) is 2.74. The summed E-state index contributed by atoms with van der Waals surface area (Å²) in [7, 11) is 1.26. The fourth-order valence-electron chi connectivity index (χ4n) is 1.75. The Morgan fingerprint density at radius 3 is 2.57 bits per heavy atom. The highest BCUT2D eigenvalue weighted by molar-refractivity contribution is 6.29. The standard InChI is InChI=1S/C14H12ClN3O3/c1-21-14(20)18(11-5-6-12(15)17-8-11)10-4-2-3-9(7-10)13(16)19/h2-8H,1H3,(H2,16,19). The summed E-state index contributed by atoms with van der Waals surface area (Å²) in [5.74, 6) is -0.587. The van der Waals surface area contributed by atoms with Gasteiger partial charge in [0.2, 0.25) is 5.91 Å². The summed E-state index contributed by atoms with van der Waals surface area (Å²) in [6.45, 7) is 0. The molecule has 0 unspecified atom stereocenters. The normalized spacial score (nSPS) is 10.0. The van der Waals surface area contributed by atoms with Crippen molar-refractivity contribution < 1.29 is 14.3 Å². The van der Waals surface area contributed by atoms with Crippen molar-refractivity contribution in [1.82, 2.24) is 4.98 Å². The van der Waals surface area contributed by atoms with Crippen molar-refractivity contribution in [1.29, 1.82) is 0 Å². The van der Waals surface area contributed by atoms with Crippen LogP contribution in [0.5, 0.6) is 0 Å². The number of rotatable bonds is 3. The van der Waals surface area contributed by atoms with Crippen LogP contribution in [0, 0.1) is 0 Å². The molecule has 21 heavy (non-hydrogen) atoms. The lowest BCUT2D eigenvalue weighted by Crippen LogP contribution is -2.26. The molecule has 108 valence electrons. The molecule has 6 nitrogen and oxygen atoms in total. The summed E-state index contributed by atoms with van der Waals surface area (Å²) in [5, 5.41) is 0.300. The third-order valence-electron chi connectivity index (χ3n) is 2.72. The molecule has 0 atom stereocenters. The van der Waals surface area contributed by atoms with E-state index in [1.54, 1.807) is 30.3 Å². The van der Waals surface area contributed by atoms with Crippen LogP contribution in [0.2, 0.25) is 5.15 Å². The third-order valence-corrected chi connectivity index (χ3v) is 2.94. The van der Waals surface area contributed by atoms with Gasteiger partial charge in [0.1, 0.15) is 5.15 Å².